The molecule has 1 aliphatic rings. The van der Waals surface area contributed by atoms with Gasteiger partial charge in [-0.15, -0.1) is 0 Å². The van der Waals surface area contributed by atoms with Crippen molar-refractivity contribution in [2.75, 3.05) is 0 Å². The first-order valence-electron chi connectivity index (χ1n) is 9.01. The van der Waals surface area contributed by atoms with Crippen molar-refractivity contribution in [1.29, 1.82) is 0 Å². The van der Waals surface area contributed by atoms with E-state index in [2.05, 4.69) is 30.3 Å². The molecule has 1 saturated carbocycles. The number of carbonyl (C=O) groups excluding carboxylic acids is 1. The second-order valence-electron chi connectivity index (χ2n) is 6.94. The number of hydrogen-bond donors (Lipinski definition) is 1. The molecule has 0 bridgehead atoms. The lowest BCUT2D eigenvalue weighted by molar-refractivity contribution is 0.0921. The van der Waals surface area contributed by atoms with Gasteiger partial charge in [0.1, 0.15) is 0 Å². The lowest BCUT2D eigenvalue weighted by Gasteiger charge is -2.28. The minimum Gasteiger partial charge on any atom is -0.349 e. The molecule has 1 aromatic carbocycles. The van der Waals surface area contributed by atoms with Gasteiger partial charge in [0.2, 0.25) is 0 Å². The number of nitrogens with zero attached hydrogens (tertiary/aromatic N) is 2. The Labute approximate surface area is 144 Å². The summed E-state index contributed by atoms with van der Waals surface area (Å²) in [7, 11) is 0. The predicted molar refractivity (Wildman–Crippen MR) is 96.5 cm³/mol. The molecule has 1 aliphatic carbocycles. The van der Waals surface area contributed by atoms with E-state index < -0.39 is 0 Å². The maximum absolute atomic E-state index is 12.6. The zero-order valence-corrected chi connectivity index (χ0v) is 14.9. The van der Waals surface area contributed by atoms with Crippen LogP contribution in [0.5, 0.6) is 0 Å². The van der Waals surface area contributed by atoms with Crippen molar-refractivity contribution in [3.63, 3.8) is 0 Å². The van der Waals surface area contributed by atoms with Crippen LogP contribution in [0.3, 0.4) is 0 Å². The number of carbonyl (C=O) groups is 1. The molecule has 1 aromatic heterocycles. The van der Waals surface area contributed by atoms with Gasteiger partial charge in [0.25, 0.3) is 5.91 Å². The third kappa shape index (κ3) is 3.37. The van der Waals surface area contributed by atoms with Gasteiger partial charge in [0.15, 0.2) is 0 Å². The molecule has 1 N–H and O–H groups in total. The van der Waals surface area contributed by atoms with Gasteiger partial charge in [-0.05, 0) is 57.1 Å². The van der Waals surface area contributed by atoms with Crippen molar-refractivity contribution in [2.24, 2.45) is 5.92 Å². The van der Waals surface area contributed by atoms with Gasteiger partial charge >= 0.3 is 0 Å². The van der Waals surface area contributed by atoms with Crippen LogP contribution in [0.25, 0.3) is 5.69 Å². The van der Waals surface area contributed by atoms with E-state index in [1.807, 2.05) is 29.8 Å². The highest BCUT2D eigenvalue weighted by Crippen LogP contribution is 2.27. The van der Waals surface area contributed by atoms with Crippen LogP contribution in [0.4, 0.5) is 0 Å². The summed E-state index contributed by atoms with van der Waals surface area (Å²) in [6.07, 6.45) is 7.58. The van der Waals surface area contributed by atoms with Crippen molar-refractivity contribution in [1.82, 2.24) is 15.1 Å². The first-order valence-corrected chi connectivity index (χ1v) is 9.01. The molecule has 0 atom stereocenters. The molecule has 1 amide bonds. The van der Waals surface area contributed by atoms with Gasteiger partial charge in [-0.25, -0.2) is 4.68 Å². The quantitative estimate of drug-likeness (QED) is 0.916. The molecule has 2 aromatic rings. The van der Waals surface area contributed by atoms with Crippen LogP contribution in [0.2, 0.25) is 0 Å². The highest BCUT2D eigenvalue weighted by molar-refractivity contribution is 5.95. The van der Waals surface area contributed by atoms with Crippen LogP contribution in [-0.2, 0) is 0 Å². The Balaban J connectivity index is 1.72. The predicted octanol–water partition coefficient (Wildman–Crippen LogP) is 4.19. The van der Waals surface area contributed by atoms with Crippen molar-refractivity contribution in [3.8, 4) is 5.69 Å². The van der Waals surface area contributed by atoms with Gasteiger partial charge in [-0.2, -0.15) is 5.10 Å². The third-order valence-electron chi connectivity index (χ3n) is 5.36. The van der Waals surface area contributed by atoms with Gasteiger partial charge in [-0.3, -0.25) is 4.79 Å². The number of nitrogens with one attached hydrogen (secondary N) is 1. The summed E-state index contributed by atoms with van der Waals surface area (Å²) in [4.78, 5) is 12.6. The number of rotatable bonds is 4. The molecule has 4 heteroatoms. The van der Waals surface area contributed by atoms with Crippen LogP contribution in [0.15, 0.2) is 30.5 Å². The van der Waals surface area contributed by atoms with E-state index in [0.717, 1.165) is 35.7 Å². The summed E-state index contributed by atoms with van der Waals surface area (Å²) in [6.45, 7) is 6.28. The number of hydrogen-bond acceptors (Lipinski definition) is 2. The molecule has 0 saturated heterocycles. The fraction of sp³-hybridized carbons (Fsp3) is 0.500. The maximum Gasteiger partial charge on any atom is 0.254 e. The van der Waals surface area contributed by atoms with E-state index in [-0.39, 0.29) is 5.91 Å². The van der Waals surface area contributed by atoms with Crippen LogP contribution >= 0.6 is 0 Å². The molecular formula is C20H27N3O. The second-order valence-corrected chi connectivity index (χ2v) is 6.94. The van der Waals surface area contributed by atoms with Crippen LogP contribution < -0.4 is 5.32 Å². The fourth-order valence-electron chi connectivity index (χ4n) is 3.65. The van der Waals surface area contributed by atoms with E-state index in [0.29, 0.717) is 11.6 Å². The smallest absolute Gasteiger partial charge is 0.254 e. The zero-order chi connectivity index (χ0) is 17.1. The standard InChI is InChI=1S/C20H27N3O/c1-4-16-9-11-17(12-10-16)22-20(24)18-13-21-23(15(18)3)19-8-6-5-7-14(19)2/h5-8,13,16-17H,4,9-12H2,1-3H3,(H,22,24). The Morgan fingerprint density at radius 2 is 1.92 bits per heavy atom. The first kappa shape index (κ1) is 16.7. The SMILES string of the molecule is CCC1CCC(NC(=O)c2cnn(-c3ccccc3C)c2C)CC1. The summed E-state index contributed by atoms with van der Waals surface area (Å²) in [6, 6.07) is 8.40. The molecule has 4 nitrogen and oxygen atoms in total. The topological polar surface area (TPSA) is 46.9 Å². The molecular weight excluding hydrogens is 298 g/mol. The first-order chi connectivity index (χ1) is 11.6. The molecule has 0 spiro atoms. The minimum absolute atomic E-state index is 0.00674. The van der Waals surface area contributed by atoms with Crippen molar-refractivity contribution in [2.45, 2.75) is 58.9 Å². The second kappa shape index (κ2) is 7.20. The maximum atomic E-state index is 12.6. The summed E-state index contributed by atoms with van der Waals surface area (Å²) >= 11 is 0. The van der Waals surface area contributed by atoms with Crippen molar-refractivity contribution < 1.29 is 4.79 Å². The highest BCUT2D eigenvalue weighted by atomic mass is 16.1. The van der Waals surface area contributed by atoms with Crippen LogP contribution in [0, 0.1) is 19.8 Å². The molecule has 1 heterocycles. The van der Waals surface area contributed by atoms with Crippen LogP contribution in [-0.4, -0.2) is 21.7 Å². The zero-order valence-electron chi connectivity index (χ0n) is 14.9. The summed E-state index contributed by atoms with van der Waals surface area (Å²) in [5.74, 6) is 0.843. The fourth-order valence-corrected chi connectivity index (χ4v) is 3.65. The molecule has 1 fully saturated rings. The number of para-hydroxylation sites is 1. The van der Waals surface area contributed by atoms with Gasteiger partial charge in [0, 0.05) is 6.04 Å². The molecule has 24 heavy (non-hydrogen) atoms. The Morgan fingerprint density at radius 3 is 2.58 bits per heavy atom. The average Bonchev–Trinajstić information content (AvgIpc) is 2.97. The number of aryl methyl sites for hydroxylation is 1. The van der Waals surface area contributed by atoms with E-state index >= 15 is 0 Å². The summed E-state index contributed by atoms with van der Waals surface area (Å²) in [5, 5.41) is 7.65. The van der Waals surface area contributed by atoms with Crippen molar-refractivity contribution in [3.05, 3.63) is 47.3 Å². The molecule has 0 aliphatic heterocycles. The Morgan fingerprint density at radius 1 is 1.21 bits per heavy atom. The number of aromatic nitrogens is 2. The normalized spacial score (nSPS) is 20.8. The van der Waals surface area contributed by atoms with E-state index in [1.165, 1.54) is 19.3 Å². The minimum atomic E-state index is 0.00674. The summed E-state index contributed by atoms with van der Waals surface area (Å²) in [5.41, 5.74) is 3.74. The van der Waals surface area contributed by atoms with Gasteiger partial charge in [-0.1, -0.05) is 31.5 Å². The van der Waals surface area contributed by atoms with E-state index in [9.17, 15) is 4.79 Å². The summed E-state index contributed by atoms with van der Waals surface area (Å²) < 4.78 is 1.86. The third-order valence-corrected chi connectivity index (χ3v) is 5.36. The largest absolute Gasteiger partial charge is 0.349 e. The number of benzene rings is 1. The lowest BCUT2D eigenvalue weighted by atomic mass is 9.84. The Hall–Kier alpha value is -2.10. The monoisotopic (exact) mass is 325 g/mol. The average molecular weight is 325 g/mol. The van der Waals surface area contributed by atoms with Gasteiger partial charge in [0.05, 0.1) is 23.1 Å². The molecule has 3 rings (SSSR count). The highest BCUT2D eigenvalue weighted by Gasteiger charge is 2.23. The molecule has 0 unspecified atom stereocenters. The molecule has 128 valence electrons. The van der Waals surface area contributed by atoms with Crippen LogP contribution in [0.1, 0.15) is 60.6 Å². The van der Waals surface area contributed by atoms with Crippen molar-refractivity contribution >= 4 is 5.91 Å². The lowest BCUT2D eigenvalue weighted by Crippen LogP contribution is -2.37. The Bertz CT molecular complexity index is 711. The molecule has 0 radical (unpaired) electrons. The van der Waals surface area contributed by atoms with Gasteiger partial charge < -0.3 is 5.32 Å². The Kier molecular flexibility index (Phi) is 5.03. The van der Waals surface area contributed by atoms with E-state index in [4.69, 9.17) is 0 Å². The van der Waals surface area contributed by atoms with E-state index in [1.54, 1.807) is 6.20 Å². The number of amides is 1.